The summed E-state index contributed by atoms with van der Waals surface area (Å²) in [5, 5.41) is 0. The van der Waals surface area contributed by atoms with Gasteiger partial charge in [-0.3, -0.25) is 0 Å². The first-order chi connectivity index (χ1) is 10.1. The van der Waals surface area contributed by atoms with Crippen LogP contribution in [0.15, 0.2) is 44.4 Å². The molecule has 1 nitrogen and oxygen atoms in total. The first-order valence-electron chi connectivity index (χ1n) is 7.57. The van der Waals surface area contributed by atoms with Crippen LogP contribution in [0.3, 0.4) is 0 Å². The molecule has 0 amide bonds. The lowest BCUT2D eigenvalue weighted by molar-refractivity contribution is 0.0964. The van der Waals surface area contributed by atoms with Crippen LogP contribution in [0.25, 0.3) is 0 Å². The Labute approximate surface area is 141 Å². The Balaban J connectivity index is 1.76. The van der Waals surface area contributed by atoms with Gasteiger partial charge < -0.3 is 4.74 Å². The van der Waals surface area contributed by atoms with Crippen molar-refractivity contribution in [2.45, 2.75) is 37.9 Å². The fourth-order valence-electron chi connectivity index (χ4n) is 5.31. The van der Waals surface area contributed by atoms with Gasteiger partial charge in [-0.15, -0.1) is 0 Å². The van der Waals surface area contributed by atoms with Crippen molar-refractivity contribution in [3.63, 3.8) is 0 Å². The Kier molecular flexibility index (Phi) is 2.57. The van der Waals surface area contributed by atoms with Crippen molar-refractivity contribution in [1.29, 1.82) is 0 Å². The van der Waals surface area contributed by atoms with Crippen LogP contribution in [0.1, 0.15) is 36.8 Å². The van der Waals surface area contributed by atoms with Crippen molar-refractivity contribution in [3.05, 3.63) is 55.5 Å². The Bertz CT molecular complexity index is 729. The Hall–Kier alpha value is -0.380. The second kappa shape index (κ2) is 4.12. The first-order valence-corrected chi connectivity index (χ1v) is 9.16. The van der Waals surface area contributed by atoms with Crippen LogP contribution in [-0.2, 0) is 4.74 Å². The van der Waals surface area contributed by atoms with Gasteiger partial charge in [-0.05, 0) is 43.2 Å². The molecule has 2 aliphatic heterocycles. The minimum absolute atomic E-state index is 0.275. The number of ether oxygens (including phenoxy) is 1. The number of rotatable bonds is 0. The molecule has 2 fully saturated rings. The molecule has 1 saturated heterocycles. The number of benzene rings is 1. The second-order valence-electron chi connectivity index (χ2n) is 6.91. The molecule has 4 bridgehead atoms. The maximum absolute atomic E-state index is 6.25. The minimum Gasteiger partial charge on any atom is -0.365 e. The van der Waals surface area contributed by atoms with E-state index in [4.69, 9.17) is 4.74 Å². The van der Waals surface area contributed by atoms with E-state index in [1.807, 2.05) is 0 Å². The van der Waals surface area contributed by atoms with Gasteiger partial charge in [-0.25, -0.2) is 0 Å². The Morgan fingerprint density at radius 3 is 2.57 bits per heavy atom. The number of hydrogen-bond acceptors (Lipinski definition) is 1. The minimum atomic E-state index is 0.275. The summed E-state index contributed by atoms with van der Waals surface area (Å²) in [4.78, 5) is 0. The van der Waals surface area contributed by atoms with Gasteiger partial charge in [0.15, 0.2) is 0 Å². The largest absolute Gasteiger partial charge is 0.365 e. The van der Waals surface area contributed by atoms with Gasteiger partial charge in [0.1, 0.15) is 0 Å². The third kappa shape index (κ3) is 1.46. The molecular weight excluding hydrogens is 392 g/mol. The van der Waals surface area contributed by atoms with Gasteiger partial charge in [-0.2, -0.15) is 0 Å². The average molecular weight is 408 g/mol. The predicted octanol–water partition coefficient (Wildman–Crippen LogP) is 5.27. The number of allylic oxidation sites excluding steroid dienone is 2. The van der Waals surface area contributed by atoms with Crippen molar-refractivity contribution in [3.8, 4) is 0 Å². The summed E-state index contributed by atoms with van der Waals surface area (Å²) < 4.78 is 8.71. The van der Waals surface area contributed by atoms with Crippen LogP contribution in [0, 0.1) is 11.8 Å². The molecule has 0 aromatic heterocycles. The van der Waals surface area contributed by atoms with E-state index >= 15 is 0 Å². The lowest BCUT2D eigenvalue weighted by Crippen LogP contribution is -2.30. The summed E-state index contributed by atoms with van der Waals surface area (Å²) >= 11 is 7.38. The molecule has 5 rings (SSSR count). The van der Waals surface area contributed by atoms with Gasteiger partial charge in [-0.1, -0.05) is 49.1 Å². The van der Waals surface area contributed by atoms with Crippen LogP contribution in [0.4, 0.5) is 0 Å². The first kappa shape index (κ1) is 13.1. The highest BCUT2D eigenvalue weighted by atomic mass is 79.9. The maximum atomic E-state index is 6.25. The standard InChI is InChI=1S/C18H16Br2O/c1-7(2)13-14-9-4-3-8(19)5-10(9)15(13)17-16(14)12-6-11(20)18(17)21-12/h3-6,12,14-18H,1-2H3. The molecule has 6 atom stereocenters. The zero-order chi connectivity index (χ0) is 14.5. The van der Waals surface area contributed by atoms with Crippen LogP contribution >= 0.6 is 31.9 Å². The van der Waals surface area contributed by atoms with E-state index in [1.165, 1.54) is 20.1 Å². The fraction of sp³-hybridized carbons (Fsp3) is 0.444. The molecule has 6 unspecified atom stereocenters. The van der Waals surface area contributed by atoms with E-state index in [0.717, 1.165) is 0 Å². The monoisotopic (exact) mass is 406 g/mol. The SMILES string of the molecule is CC(C)=C1C2c3ccc(Br)cc3C1C1C3OC(C=C3Br)C21. The number of fused-ring (bicyclic) bond motifs is 12. The van der Waals surface area contributed by atoms with Crippen LogP contribution in [0.5, 0.6) is 0 Å². The van der Waals surface area contributed by atoms with Crippen LogP contribution < -0.4 is 0 Å². The molecule has 1 saturated carbocycles. The lowest BCUT2D eigenvalue weighted by Gasteiger charge is -2.31. The fourth-order valence-corrected chi connectivity index (χ4v) is 6.36. The topological polar surface area (TPSA) is 9.23 Å². The molecule has 1 aromatic carbocycles. The Morgan fingerprint density at radius 1 is 1.05 bits per heavy atom. The van der Waals surface area contributed by atoms with E-state index < -0.39 is 0 Å². The second-order valence-corrected chi connectivity index (χ2v) is 8.74. The lowest BCUT2D eigenvalue weighted by atomic mass is 9.71. The van der Waals surface area contributed by atoms with Gasteiger partial charge in [0.05, 0.1) is 12.2 Å². The predicted molar refractivity (Wildman–Crippen MR) is 90.6 cm³/mol. The van der Waals surface area contributed by atoms with Crippen LogP contribution in [-0.4, -0.2) is 12.2 Å². The van der Waals surface area contributed by atoms with Gasteiger partial charge in [0.25, 0.3) is 0 Å². The maximum Gasteiger partial charge on any atom is 0.0936 e. The van der Waals surface area contributed by atoms with Gasteiger partial charge in [0, 0.05) is 32.6 Å². The Morgan fingerprint density at radius 2 is 1.81 bits per heavy atom. The van der Waals surface area contributed by atoms with E-state index in [9.17, 15) is 0 Å². The summed E-state index contributed by atoms with van der Waals surface area (Å²) in [6.07, 6.45) is 2.88. The molecule has 2 aliphatic carbocycles. The van der Waals surface area contributed by atoms with Crippen molar-refractivity contribution in [2.75, 3.05) is 0 Å². The number of halogens is 2. The third-order valence-electron chi connectivity index (χ3n) is 5.81. The zero-order valence-corrected chi connectivity index (χ0v) is 15.1. The molecule has 0 radical (unpaired) electrons. The molecule has 4 aliphatic rings. The van der Waals surface area contributed by atoms with E-state index in [0.29, 0.717) is 29.8 Å². The summed E-state index contributed by atoms with van der Waals surface area (Å²) in [5.41, 5.74) is 6.25. The molecular formula is C18H16Br2O. The molecule has 1 aromatic rings. The quantitative estimate of drug-likeness (QED) is 0.532. The highest BCUT2D eigenvalue weighted by Crippen LogP contribution is 2.70. The van der Waals surface area contributed by atoms with Gasteiger partial charge >= 0.3 is 0 Å². The van der Waals surface area contributed by atoms with Crippen molar-refractivity contribution < 1.29 is 4.74 Å². The zero-order valence-electron chi connectivity index (χ0n) is 11.9. The smallest absolute Gasteiger partial charge is 0.0936 e. The van der Waals surface area contributed by atoms with Gasteiger partial charge in [0.2, 0.25) is 0 Å². The van der Waals surface area contributed by atoms with Crippen LogP contribution in [0.2, 0.25) is 0 Å². The molecule has 0 N–H and O–H groups in total. The summed E-state index contributed by atoms with van der Waals surface area (Å²) in [6.45, 7) is 4.56. The normalized spacial score (nSPS) is 41.3. The van der Waals surface area contributed by atoms with Crippen molar-refractivity contribution in [1.82, 2.24) is 0 Å². The molecule has 2 heterocycles. The number of hydrogen-bond donors (Lipinski definition) is 0. The van der Waals surface area contributed by atoms with E-state index in [2.05, 4.69) is 70.0 Å². The molecule has 108 valence electrons. The highest BCUT2D eigenvalue weighted by molar-refractivity contribution is 9.11. The van der Waals surface area contributed by atoms with Crippen molar-refractivity contribution in [2.24, 2.45) is 11.8 Å². The van der Waals surface area contributed by atoms with E-state index in [1.54, 1.807) is 11.1 Å². The molecule has 3 heteroatoms. The summed E-state index contributed by atoms with van der Waals surface area (Å²) in [7, 11) is 0. The average Bonchev–Trinajstić information content (AvgIpc) is 3.11. The molecule has 0 spiro atoms. The molecule has 21 heavy (non-hydrogen) atoms. The summed E-state index contributed by atoms with van der Waals surface area (Å²) in [5.74, 6) is 2.37. The third-order valence-corrected chi connectivity index (χ3v) is 7.02. The highest BCUT2D eigenvalue weighted by Gasteiger charge is 2.65. The van der Waals surface area contributed by atoms with Crippen molar-refractivity contribution >= 4 is 31.9 Å². The van der Waals surface area contributed by atoms with E-state index in [-0.39, 0.29) is 6.10 Å². The summed E-state index contributed by atoms with van der Waals surface area (Å²) in [6, 6.07) is 6.85.